The predicted octanol–water partition coefficient (Wildman–Crippen LogP) is 2.00. The first-order valence-electron chi connectivity index (χ1n) is 9.11. The summed E-state index contributed by atoms with van der Waals surface area (Å²) in [5, 5.41) is 19.4. The van der Waals surface area contributed by atoms with Gasteiger partial charge in [0.1, 0.15) is 5.60 Å². The second kappa shape index (κ2) is 7.85. The van der Waals surface area contributed by atoms with Crippen LogP contribution in [0, 0.1) is 5.92 Å². The van der Waals surface area contributed by atoms with Crippen molar-refractivity contribution in [3.63, 3.8) is 0 Å². The maximum atomic E-state index is 10.6. The number of likely N-dealkylation sites (tertiary alicyclic amines) is 1. The van der Waals surface area contributed by atoms with Gasteiger partial charge in [0, 0.05) is 30.6 Å². The lowest BCUT2D eigenvalue weighted by Gasteiger charge is -2.21. The van der Waals surface area contributed by atoms with Gasteiger partial charge in [-0.25, -0.2) is 4.99 Å². The highest BCUT2D eigenvalue weighted by Crippen LogP contribution is 2.31. The molecule has 2 heterocycles. The van der Waals surface area contributed by atoms with Gasteiger partial charge in [0.2, 0.25) is 0 Å². The Balaban J connectivity index is 1.50. The zero-order valence-electron chi connectivity index (χ0n) is 14.8. The fourth-order valence-electron chi connectivity index (χ4n) is 3.28. The van der Waals surface area contributed by atoms with Crippen LogP contribution in [0.2, 0.25) is 0 Å². The Morgan fingerprint density at radius 3 is 2.92 bits per heavy atom. The molecule has 1 aliphatic carbocycles. The second-order valence-corrected chi connectivity index (χ2v) is 8.16. The molecule has 2 unspecified atom stereocenters. The first-order valence-corrected chi connectivity index (χ1v) is 9.99. The zero-order chi connectivity index (χ0) is 17.0. The molecule has 0 radical (unpaired) electrons. The highest BCUT2D eigenvalue weighted by molar-refractivity contribution is 7.10. The number of nitrogens with zero attached hydrogens (tertiary/aromatic N) is 2. The molecular weight excluding hydrogens is 320 g/mol. The Morgan fingerprint density at radius 1 is 1.42 bits per heavy atom. The van der Waals surface area contributed by atoms with E-state index in [1.165, 1.54) is 32.4 Å². The Bertz CT molecular complexity index is 539. The molecule has 1 saturated heterocycles. The van der Waals surface area contributed by atoms with E-state index in [2.05, 4.69) is 27.4 Å². The van der Waals surface area contributed by atoms with Crippen molar-refractivity contribution in [3.8, 4) is 0 Å². The van der Waals surface area contributed by atoms with Gasteiger partial charge in [0.05, 0.1) is 6.54 Å². The monoisotopic (exact) mass is 350 g/mol. The number of guanidine groups is 1. The van der Waals surface area contributed by atoms with E-state index in [-0.39, 0.29) is 0 Å². The number of rotatable bonds is 7. The lowest BCUT2D eigenvalue weighted by atomic mass is 10.1. The third-order valence-electron chi connectivity index (χ3n) is 4.88. The van der Waals surface area contributed by atoms with E-state index in [1.807, 2.05) is 24.4 Å². The summed E-state index contributed by atoms with van der Waals surface area (Å²) in [7, 11) is 0. The van der Waals surface area contributed by atoms with Gasteiger partial charge in [-0.15, -0.1) is 11.3 Å². The van der Waals surface area contributed by atoms with Crippen LogP contribution in [0.25, 0.3) is 0 Å². The molecule has 0 amide bonds. The first kappa shape index (κ1) is 17.7. The predicted molar refractivity (Wildman–Crippen MR) is 101 cm³/mol. The van der Waals surface area contributed by atoms with Crippen LogP contribution in [0.5, 0.6) is 0 Å². The third kappa shape index (κ3) is 4.71. The molecule has 0 spiro atoms. The summed E-state index contributed by atoms with van der Waals surface area (Å²) in [6.07, 6.45) is 4.06. The molecule has 0 bridgehead atoms. The summed E-state index contributed by atoms with van der Waals surface area (Å²) in [6, 6.07) is 4.80. The molecule has 6 heteroatoms. The van der Waals surface area contributed by atoms with Crippen molar-refractivity contribution in [2.75, 3.05) is 32.7 Å². The summed E-state index contributed by atoms with van der Waals surface area (Å²) in [5.41, 5.74) is -0.910. The minimum atomic E-state index is -0.910. The van der Waals surface area contributed by atoms with Crippen molar-refractivity contribution in [2.45, 2.75) is 44.8 Å². The van der Waals surface area contributed by atoms with Crippen LogP contribution in [0.4, 0.5) is 0 Å². The average molecular weight is 351 g/mol. The molecule has 2 aliphatic rings. The van der Waals surface area contributed by atoms with Crippen molar-refractivity contribution >= 4 is 17.3 Å². The van der Waals surface area contributed by atoms with Gasteiger partial charge >= 0.3 is 0 Å². The number of hydrogen-bond donors (Lipinski definition) is 3. The van der Waals surface area contributed by atoms with Crippen LogP contribution >= 0.6 is 11.3 Å². The Labute approximate surface area is 149 Å². The molecule has 1 saturated carbocycles. The Kier molecular flexibility index (Phi) is 5.79. The number of thiophene rings is 1. The largest absolute Gasteiger partial charge is 0.383 e. The minimum absolute atomic E-state index is 0.363. The van der Waals surface area contributed by atoms with Crippen LogP contribution in [0.3, 0.4) is 0 Å². The molecule has 3 N–H and O–H groups in total. The van der Waals surface area contributed by atoms with Crippen LogP contribution in [0.1, 0.15) is 38.0 Å². The Morgan fingerprint density at radius 2 is 2.25 bits per heavy atom. The second-order valence-electron chi connectivity index (χ2n) is 7.21. The van der Waals surface area contributed by atoms with Crippen LogP contribution in [-0.2, 0) is 5.60 Å². The van der Waals surface area contributed by atoms with Gasteiger partial charge in [-0.2, -0.15) is 0 Å². The molecule has 2 fully saturated rings. The molecule has 5 nitrogen and oxygen atoms in total. The van der Waals surface area contributed by atoms with Gasteiger partial charge in [0.15, 0.2) is 5.96 Å². The van der Waals surface area contributed by atoms with Gasteiger partial charge in [-0.1, -0.05) is 6.07 Å². The average Bonchev–Trinajstić information content (AvgIpc) is 3.07. The number of nitrogens with one attached hydrogen (secondary N) is 2. The molecular formula is C18H30N4OS. The third-order valence-corrected chi connectivity index (χ3v) is 6.00. The van der Waals surface area contributed by atoms with Crippen LogP contribution in [-0.4, -0.2) is 54.7 Å². The number of hydrogen-bond acceptors (Lipinski definition) is 4. The van der Waals surface area contributed by atoms with E-state index < -0.39 is 5.60 Å². The van der Waals surface area contributed by atoms with Crippen molar-refractivity contribution in [1.82, 2.24) is 15.5 Å². The standard InChI is InChI=1S/C18H30N4OS/c1-3-19-17(21-13-18(2,23)16-5-4-10-24-16)20-11-14-8-9-22(12-14)15-6-7-15/h4-5,10,14-15,23H,3,6-9,11-13H2,1-2H3,(H2,19,20,21). The topological polar surface area (TPSA) is 59.9 Å². The maximum Gasteiger partial charge on any atom is 0.191 e. The zero-order valence-corrected chi connectivity index (χ0v) is 15.6. The van der Waals surface area contributed by atoms with E-state index in [9.17, 15) is 5.11 Å². The van der Waals surface area contributed by atoms with Crippen molar-refractivity contribution in [1.29, 1.82) is 0 Å². The molecule has 134 valence electrons. The molecule has 2 atom stereocenters. The van der Waals surface area contributed by atoms with Crippen LogP contribution in [0.15, 0.2) is 22.5 Å². The molecule has 3 rings (SSSR count). The van der Waals surface area contributed by atoms with E-state index in [0.717, 1.165) is 30.0 Å². The quantitative estimate of drug-likeness (QED) is 0.520. The highest BCUT2D eigenvalue weighted by atomic mass is 32.1. The Hall–Kier alpha value is -1.11. The smallest absolute Gasteiger partial charge is 0.191 e. The number of aliphatic imine (C=N–C) groups is 1. The minimum Gasteiger partial charge on any atom is -0.383 e. The molecule has 24 heavy (non-hydrogen) atoms. The lowest BCUT2D eigenvalue weighted by Crippen LogP contribution is -2.41. The van der Waals surface area contributed by atoms with Gasteiger partial charge in [-0.05, 0) is 57.0 Å². The highest BCUT2D eigenvalue weighted by Gasteiger charge is 2.34. The van der Waals surface area contributed by atoms with E-state index >= 15 is 0 Å². The van der Waals surface area contributed by atoms with E-state index in [0.29, 0.717) is 12.5 Å². The summed E-state index contributed by atoms with van der Waals surface area (Å²) in [4.78, 5) is 8.20. The molecule has 1 aliphatic heterocycles. The van der Waals surface area contributed by atoms with Crippen molar-refractivity contribution in [2.24, 2.45) is 10.9 Å². The fourth-order valence-corrected chi connectivity index (χ4v) is 4.06. The maximum absolute atomic E-state index is 10.6. The lowest BCUT2D eigenvalue weighted by molar-refractivity contribution is 0.0711. The number of aliphatic hydroxyl groups is 1. The van der Waals surface area contributed by atoms with Gasteiger partial charge < -0.3 is 20.6 Å². The molecule has 0 aromatic carbocycles. The van der Waals surface area contributed by atoms with Crippen LogP contribution < -0.4 is 10.6 Å². The normalized spacial score (nSPS) is 24.8. The van der Waals surface area contributed by atoms with Crippen molar-refractivity contribution in [3.05, 3.63) is 22.4 Å². The molecule has 1 aromatic heterocycles. The SMILES string of the molecule is CCNC(=NCC(C)(O)c1cccs1)NCC1CCN(C2CC2)C1. The summed E-state index contributed by atoms with van der Waals surface area (Å²) >= 11 is 1.57. The summed E-state index contributed by atoms with van der Waals surface area (Å²) in [5.74, 6) is 1.51. The van der Waals surface area contributed by atoms with Gasteiger partial charge in [-0.3, -0.25) is 0 Å². The van der Waals surface area contributed by atoms with E-state index in [1.54, 1.807) is 11.3 Å². The van der Waals surface area contributed by atoms with Crippen molar-refractivity contribution < 1.29 is 5.11 Å². The fraction of sp³-hybridized carbons (Fsp3) is 0.722. The summed E-state index contributed by atoms with van der Waals surface area (Å²) < 4.78 is 0. The summed E-state index contributed by atoms with van der Waals surface area (Å²) in [6.45, 7) is 8.50. The van der Waals surface area contributed by atoms with E-state index in [4.69, 9.17) is 0 Å². The van der Waals surface area contributed by atoms with Gasteiger partial charge in [0.25, 0.3) is 0 Å². The molecule has 1 aromatic rings. The first-order chi connectivity index (χ1) is 11.6.